The van der Waals surface area contributed by atoms with Crippen LogP contribution in [0, 0.1) is 0 Å². The van der Waals surface area contributed by atoms with Crippen LogP contribution in [0.4, 0.5) is 5.95 Å². The first-order valence-electron chi connectivity index (χ1n) is 5.18. The lowest BCUT2D eigenvalue weighted by atomic mass is 10.1. The Bertz CT molecular complexity index is 308. The average molecular weight is 271 g/mol. The Morgan fingerprint density at radius 2 is 2.20 bits per heavy atom. The zero-order valence-electron chi connectivity index (χ0n) is 8.78. The summed E-state index contributed by atoms with van der Waals surface area (Å²) in [5.41, 5.74) is 0. The van der Waals surface area contributed by atoms with Crippen LogP contribution in [0.2, 0.25) is 0 Å². The van der Waals surface area contributed by atoms with Gasteiger partial charge >= 0.3 is 0 Å². The Hall–Kier alpha value is -0.680. The molecule has 0 amide bonds. The zero-order valence-corrected chi connectivity index (χ0v) is 10.4. The summed E-state index contributed by atoms with van der Waals surface area (Å²) in [6.45, 7) is 2.15. The molecule has 15 heavy (non-hydrogen) atoms. The summed E-state index contributed by atoms with van der Waals surface area (Å²) in [5, 5.41) is 3.39. The second-order valence-electron chi connectivity index (χ2n) is 3.81. The summed E-state index contributed by atoms with van der Waals surface area (Å²) in [4.78, 5) is 10.7. The molecule has 1 unspecified atom stereocenters. The van der Waals surface area contributed by atoms with Crippen molar-refractivity contribution in [2.75, 3.05) is 25.0 Å². The van der Waals surface area contributed by atoms with Gasteiger partial charge in [0.05, 0.1) is 4.47 Å². The largest absolute Gasteiger partial charge is 0.340 e. The highest BCUT2D eigenvalue weighted by atomic mass is 79.9. The first-order valence-corrected chi connectivity index (χ1v) is 5.98. The number of aromatic nitrogens is 2. The first kappa shape index (κ1) is 10.8. The molecule has 1 fully saturated rings. The number of piperidine rings is 1. The Labute approximate surface area is 98.2 Å². The van der Waals surface area contributed by atoms with Gasteiger partial charge in [-0.25, -0.2) is 9.97 Å². The molecule has 0 aromatic carbocycles. The predicted molar refractivity (Wildman–Crippen MR) is 64.0 cm³/mol. The number of anilines is 1. The van der Waals surface area contributed by atoms with Crippen molar-refractivity contribution in [1.82, 2.24) is 15.3 Å². The molecule has 0 saturated carbocycles. The molecule has 1 aliphatic heterocycles. The maximum Gasteiger partial charge on any atom is 0.225 e. The first-order chi connectivity index (χ1) is 7.27. The Balaban J connectivity index is 2.05. The van der Waals surface area contributed by atoms with E-state index >= 15 is 0 Å². The average Bonchev–Trinajstić information content (AvgIpc) is 2.30. The van der Waals surface area contributed by atoms with Gasteiger partial charge < -0.3 is 10.2 Å². The van der Waals surface area contributed by atoms with Crippen LogP contribution in [0.15, 0.2) is 16.9 Å². The third kappa shape index (κ3) is 2.66. The van der Waals surface area contributed by atoms with Crippen molar-refractivity contribution in [2.45, 2.75) is 18.9 Å². The van der Waals surface area contributed by atoms with E-state index in [1.165, 1.54) is 12.8 Å². The number of hydrogen-bond acceptors (Lipinski definition) is 4. The number of hydrogen-bond donors (Lipinski definition) is 1. The van der Waals surface area contributed by atoms with Crippen molar-refractivity contribution >= 4 is 21.9 Å². The van der Waals surface area contributed by atoms with Gasteiger partial charge in [0.2, 0.25) is 5.95 Å². The van der Waals surface area contributed by atoms with Crippen LogP contribution in [0.5, 0.6) is 0 Å². The Kier molecular flexibility index (Phi) is 3.53. The van der Waals surface area contributed by atoms with E-state index in [1.54, 1.807) is 12.4 Å². The van der Waals surface area contributed by atoms with Gasteiger partial charge in [-0.2, -0.15) is 0 Å². The fourth-order valence-corrected chi connectivity index (χ4v) is 2.02. The lowest BCUT2D eigenvalue weighted by Gasteiger charge is -2.31. The monoisotopic (exact) mass is 270 g/mol. The van der Waals surface area contributed by atoms with Crippen molar-refractivity contribution in [3.63, 3.8) is 0 Å². The van der Waals surface area contributed by atoms with Crippen molar-refractivity contribution < 1.29 is 0 Å². The molecule has 1 aromatic heterocycles. The van der Waals surface area contributed by atoms with Gasteiger partial charge in [-0.15, -0.1) is 0 Å². The standard InChI is InChI=1S/C10H15BrN4/c1-15(9-3-2-4-12-7-9)10-13-5-8(11)6-14-10/h5-6,9,12H,2-4,7H2,1H3. The molecule has 1 aliphatic rings. The third-order valence-corrected chi connectivity index (χ3v) is 3.15. The van der Waals surface area contributed by atoms with Crippen LogP contribution in [-0.2, 0) is 0 Å². The molecule has 0 spiro atoms. The molecular weight excluding hydrogens is 256 g/mol. The van der Waals surface area contributed by atoms with Crippen molar-refractivity contribution in [1.29, 1.82) is 0 Å². The molecule has 82 valence electrons. The minimum absolute atomic E-state index is 0.514. The molecule has 1 N–H and O–H groups in total. The normalized spacial score (nSPS) is 21.3. The number of nitrogens with one attached hydrogen (secondary N) is 1. The molecule has 0 radical (unpaired) electrons. The number of rotatable bonds is 2. The molecule has 1 atom stereocenters. The van der Waals surface area contributed by atoms with Gasteiger partial charge in [0.15, 0.2) is 0 Å². The maximum absolute atomic E-state index is 4.29. The zero-order chi connectivity index (χ0) is 10.7. The lowest BCUT2D eigenvalue weighted by Crippen LogP contribution is -2.44. The molecule has 5 heteroatoms. The highest BCUT2D eigenvalue weighted by Gasteiger charge is 2.19. The molecule has 0 aliphatic carbocycles. The van der Waals surface area contributed by atoms with E-state index in [-0.39, 0.29) is 0 Å². The van der Waals surface area contributed by atoms with Gasteiger partial charge in [0.25, 0.3) is 0 Å². The van der Waals surface area contributed by atoms with E-state index in [0.29, 0.717) is 6.04 Å². The van der Waals surface area contributed by atoms with Crippen LogP contribution in [0.1, 0.15) is 12.8 Å². The van der Waals surface area contributed by atoms with Crippen LogP contribution in [0.3, 0.4) is 0 Å². The molecule has 0 bridgehead atoms. The summed E-state index contributed by atoms with van der Waals surface area (Å²) in [6, 6.07) is 0.514. The summed E-state index contributed by atoms with van der Waals surface area (Å²) >= 11 is 3.33. The van der Waals surface area contributed by atoms with Crippen LogP contribution in [0.25, 0.3) is 0 Å². The van der Waals surface area contributed by atoms with Crippen LogP contribution in [-0.4, -0.2) is 36.1 Å². The number of nitrogens with zero attached hydrogens (tertiary/aromatic N) is 3. The fourth-order valence-electron chi connectivity index (χ4n) is 1.81. The van der Waals surface area contributed by atoms with Crippen molar-refractivity contribution in [2.24, 2.45) is 0 Å². The van der Waals surface area contributed by atoms with Gasteiger partial charge in [-0.1, -0.05) is 0 Å². The van der Waals surface area contributed by atoms with Crippen LogP contribution >= 0.6 is 15.9 Å². The molecule has 2 heterocycles. The minimum atomic E-state index is 0.514. The van der Waals surface area contributed by atoms with Crippen molar-refractivity contribution in [3.05, 3.63) is 16.9 Å². The number of halogens is 1. The third-order valence-electron chi connectivity index (χ3n) is 2.74. The second kappa shape index (κ2) is 4.90. The van der Waals surface area contributed by atoms with E-state index in [1.807, 2.05) is 0 Å². The smallest absolute Gasteiger partial charge is 0.225 e. The van der Waals surface area contributed by atoms with E-state index < -0.39 is 0 Å². The van der Waals surface area contributed by atoms with E-state index in [0.717, 1.165) is 23.5 Å². The molecule has 1 saturated heterocycles. The highest BCUT2D eigenvalue weighted by molar-refractivity contribution is 9.10. The van der Waals surface area contributed by atoms with Gasteiger partial charge in [0, 0.05) is 32.0 Å². The van der Waals surface area contributed by atoms with Gasteiger partial charge in [-0.05, 0) is 35.3 Å². The van der Waals surface area contributed by atoms with E-state index in [4.69, 9.17) is 0 Å². The maximum atomic E-state index is 4.29. The van der Waals surface area contributed by atoms with Gasteiger partial charge in [-0.3, -0.25) is 0 Å². The van der Waals surface area contributed by atoms with Gasteiger partial charge in [0.1, 0.15) is 0 Å². The molecule has 4 nitrogen and oxygen atoms in total. The lowest BCUT2D eigenvalue weighted by molar-refractivity contribution is 0.441. The molecular formula is C10H15BrN4. The minimum Gasteiger partial charge on any atom is -0.340 e. The summed E-state index contributed by atoms with van der Waals surface area (Å²) < 4.78 is 0.918. The summed E-state index contributed by atoms with van der Waals surface area (Å²) in [5.74, 6) is 0.798. The van der Waals surface area contributed by atoms with Crippen LogP contribution < -0.4 is 10.2 Å². The van der Waals surface area contributed by atoms with E-state index in [2.05, 4.69) is 43.2 Å². The molecule has 2 rings (SSSR count). The summed E-state index contributed by atoms with van der Waals surface area (Å²) in [6.07, 6.45) is 6.01. The topological polar surface area (TPSA) is 41.1 Å². The Morgan fingerprint density at radius 3 is 2.80 bits per heavy atom. The highest BCUT2D eigenvalue weighted by Crippen LogP contribution is 2.15. The SMILES string of the molecule is CN(c1ncc(Br)cn1)C1CCCNC1. The number of likely N-dealkylation sites (N-methyl/N-ethyl adjacent to an activating group) is 1. The molecule has 1 aromatic rings. The van der Waals surface area contributed by atoms with Crippen molar-refractivity contribution in [3.8, 4) is 0 Å². The fraction of sp³-hybridized carbons (Fsp3) is 0.600. The van der Waals surface area contributed by atoms with E-state index in [9.17, 15) is 0 Å². The summed E-state index contributed by atoms with van der Waals surface area (Å²) in [7, 11) is 2.06. The Morgan fingerprint density at radius 1 is 1.47 bits per heavy atom. The quantitative estimate of drug-likeness (QED) is 0.883. The second-order valence-corrected chi connectivity index (χ2v) is 4.73. The predicted octanol–water partition coefficient (Wildman–Crippen LogP) is 1.43.